The van der Waals surface area contributed by atoms with Gasteiger partial charge in [-0.15, -0.1) is 0 Å². The van der Waals surface area contributed by atoms with E-state index in [2.05, 4.69) is 5.32 Å². The average Bonchev–Trinajstić information content (AvgIpc) is 2.74. The van der Waals surface area contributed by atoms with E-state index in [0.717, 1.165) is 34.5 Å². The summed E-state index contributed by atoms with van der Waals surface area (Å²) in [6.45, 7) is 3.71. The summed E-state index contributed by atoms with van der Waals surface area (Å²) in [5.74, 6) is -0.232. The van der Waals surface area contributed by atoms with Gasteiger partial charge in [-0.25, -0.2) is 8.42 Å². The number of alkyl halides is 3. The van der Waals surface area contributed by atoms with Crippen molar-refractivity contribution in [3.8, 4) is 0 Å². The highest BCUT2D eigenvalue weighted by molar-refractivity contribution is 7.89. The maximum absolute atomic E-state index is 13.3. The van der Waals surface area contributed by atoms with Crippen LogP contribution in [0.2, 0.25) is 0 Å². The van der Waals surface area contributed by atoms with E-state index in [4.69, 9.17) is 0 Å². The van der Waals surface area contributed by atoms with Gasteiger partial charge in [-0.3, -0.25) is 4.79 Å². The fraction of sp³-hybridized carbons (Fsp3) is 0.409. The summed E-state index contributed by atoms with van der Waals surface area (Å²) in [7, 11) is -4.34. The molecule has 0 spiro atoms. The van der Waals surface area contributed by atoms with Crippen LogP contribution in [0.1, 0.15) is 37.8 Å². The molecule has 1 aliphatic heterocycles. The first kappa shape index (κ1) is 23.3. The van der Waals surface area contributed by atoms with Crippen molar-refractivity contribution in [1.82, 2.24) is 4.31 Å². The summed E-state index contributed by atoms with van der Waals surface area (Å²) in [5.41, 5.74) is -0.213. The van der Waals surface area contributed by atoms with Gasteiger partial charge in [-0.2, -0.15) is 17.5 Å². The highest BCUT2D eigenvalue weighted by atomic mass is 32.2. The quantitative estimate of drug-likeness (QED) is 0.712. The number of nitrogens with zero attached hydrogens (tertiary/aromatic N) is 1. The van der Waals surface area contributed by atoms with Crippen molar-refractivity contribution >= 4 is 21.6 Å². The summed E-state index contributed by atoms with van der Waals surface area (Å²) in [6.07, 6.45) is -3.48. The fourth-order valence-electron chi connectivity index (χ4n) is 3.62. The van der Waals surface area contributed by atoms with Crippen molar-refractivity contribution in [2.24, 2.45) is 5.41 Å². The van der Waals surface area contributed by atoms with Crippen LogP contribution in [-0.2, 0) is 27.4 Å². The van der Waals surface area contributed by atoms with E-state index >= 15 is 0 Å². The van der Waals surface area contributed by atoms with Crippen molar-refractivity contribution in [3.05, 3.63) is 59.7 Å². The Balaban J connectivity index is 1.72. The third kappa shape index (κ3) is 4.93. The Kier molecular flexibility index (Phi) is 6.48. The van der Waals surface area contributed by atoms with Crippen LogP contribution < -0.4 is 5.32 Å². The number of halogens is 3. The first-order valence-electron chi connectivity index (χ1n) is 10.0. The molecule has 1 fully saturated rings. The Morgan fingerprint density at radius 3 is 2.19 bits per heavy atom. The maximum atomic E-state index is 13.3. The highest BCUT2D eigenvalue weighted by Crippen LogP contribution is 2.38. The van der Waals surface area contributed by atoms with Gasteiger partial charge in [0.2, 0.25) is 15.9 Å². The molecule has 0 aliphatic carbocycles. The van der Waals surface area contributed by atoms with Gasteiger partial charge in [0, 0.05) is 24.2 Å². The number of hydrogen-bond acceptors (Lipinski definition) is 3. The zero-order valence-corrected chi connectivity index (χ0v) is 18.2. The van der Waals surface area contributed by atoms with Crippen molar-refractivity contribution < 1.29 is 26.4 Å². The topological polar surface area (TPSA) is 66.5 Å². The Bertz CT molecular complexity index is 1040. The van der Waals surface area contributed by atoms with Crippen LogP contribution >= 0.6 is 0 Å². The van der Waals surface area contributed by atoms with E-state index in [1.54, 1.807) is 6.92 Å². The molecule has 1 aliphatic rings. The van der Waals surface area contributed by atoms with Crippen LogP contribution in [-0.4, -0.2) is 31.7 Å². The third-order valence-corrected chi connectivity index (χ3v) is 7.76. The largest absolute Gasteiger partial charge is 0.417 e. The Hall–Kier alpha value is -2.39. The summed E-state index contributed by atoms with van der Waals surface area (Å²) in [5, 5.41) is 2.86. The van der Waals surface area contributed by atoms with Crippen molar-refractivity contribution in [2.75, 3.05) is 18.4 Å². The van der Waals surface area contributed by atoms with Crippen LogP contribution in [0.4, 0.5) is 18.9 Å². The molecule has 5 nitrogen and oxygen atoms in total. The first-order chi connectivity index (χ1) is 14.5. The van der Waals surface area contributed by atoms with Gasteiger partial charge in [0.05, 0.1) is 10.5 Å². The summed E-state index contributed by atoms with van der Waals surface area (Å²) < 4.78 is 66.7. The number of aryl methyl sites for hydroxylation is 1. The number of benzene rings is 2. The smallest absolute Gasteiger partial charge is 0.326 e. The van der Waals surface area contributed by atoms with E-state index in [1.165, 1.54) is 6.07 Å². The van der Waals surface area contributed by atoms with Gasteiger partial charge >= 0.3 is 6.18 Å². The minimum Gasteiger partial charge on any atom is -0.326 e. The van der Waals surface area contributed by atoms with Crippen molar-refractivity contribution in [1.29, 1.82) is 0 Å². The minimum atomic E-state index is -4.78. The van der Waals surface area contributed by atoms with Gasteiger partial charge in [0.15, 0.2) is 0 Å². The monoisotopic (exact) mass is 454 g/mol. The lowest BCUT2D eigenvalue weighted by molar-refractivity contribution is -0.139. The molecule has 1 amide bonds. The Morgan fingerprint density at radius 1 is 1.06 bits per heavy atom. The molecule has 1 heterocycles. The summed E-state index contributed by atoms with van der Waals surface area (Å²) >= 11 is 0. The molecule has 3 rings (SSSR count). The molecule has 0 bridgehead atoms. The predicted octanol–water partition coefficient (Wildman–Crippen LogP) is 4.70. The molecule has 0 radical (unpaired) electrons. The lowest BCUT2D eigenvalue weighted by Gasteiger charge is -2.37. The van der Waals surface area contributed by atoms with Crippen molar-refractivity contribution in [2.45, 2.75) is 44.2 Å². The van der Waals surface area contributed by atoms with Gasteiger partial charge < -0.3 is 5.32 Å². The molecular weight excluding hydrogens is 429 g/mol. The second-order valence-electron chi connectivity index (χ2n) is 7.96. The van der Waals surface area contributed by atoms with E-state index in [9.17, 15) is 26.4 Å². The lowest BCUT2D eigenvalue weighted by Crippen LogP contribution is -2.47. The zero-order chi connectivity index (χ0) is 22.9. The van der Waals surface area contributed by atoms with E-state index in [-0.39, 0.29) is 31.8 Å². The molecule has 168 valence electrons. The predicted molar refractivity (Wildman–Crippen MR) is 112 cm³/mol. The van der Waals surface area contributed by atoms with Gasteiger partial charge in [0.25, 0.3) is 0 Å². The molecule has 2 aromatic carbocycles. The molecule has 2 aromatic rings. The highest BCUT2D eigenvalue weighted by Gasteiger charge is 2.43. The molecule has 1 saturated heterocycles. The van der Waals surface area contributed by atoms with Gasteiger partial charge in [-0.05, 0) is 49.1 Å². The molecule has 1 N–H and O–H groups in total. The third-order valence-electron chi connectivity index (χ3n) is 5.80. The summed E-state index contributed by atoms with van der Waals surface area (Å²) in [6, 6.07) is 11.6. The fourth-order valence-corrected chi connectivity index (χ4v) is 5.27. The molecule has 0 saturated carbocycles. The number of nitrogens with one attached hydrogen (secondary N) is 1. The number of amides is 1. The van der Waals surface area contributed by atoms with Crippen LogP contribution in [0.5, 0.6) is 0 Å². The van der Waals surface area contributed by atoms with E-state index < -0.39 is 32.1 Å². The van der Waals surface area contributed by atoms with Crippen LogP contribution in [0, 0.1) is 5.41 Å². The second kappa shape index (κ2) is 8.63. The van der Waals surface area contributed by atoms with Gasteiger partial charge in [0.1, 0.15) is 0 Å². The van der Waals surface area contributed by atoms with Crippen LogP contribution in [0.15, 0.2) is 53.4 Å². The minimum absolute atomic E-state index is 0.0345. The van der Waals surface area contributed by atoms with E-state index in [1.807, 2.05) is 31.2 Å². The van der Waals surface area contributed by atoms with Crippen molar-refractivity contribution in [3.63, 3.8) is 0 Å². The molecule has 0 aromatic heterocycles. The Morgan fingerprint density at radius 2 is 1.65 bits per heavy atom. The summed E-state index contributed by atoms with van der Waals surface area (Å²) in [4.78, 5) is 12.1. The maximum Gasteiger partial charge on any atom is 0.417 e. The molecule has 0 atom stereocenters. The average molecular weight is 455 g/mol. The van der Waals surface area contributed by atoms with E-state index in [0.29, 0.717) is 5.69 Å². The second-order valence-corrected chi connectivity index (χ2v) is 9.87. The van der Waals surface area contributed by atoms with Crippen LogP contribution in [0.3, 0.4) is 0 Å². The number of anilines is 1. The SMILES string of the molecule is CCc1ccc(NC(=O)C2(C)CCN(S(=O)(=O)c3ccccc3C(F)(F)F)CC2)cc1. The number of hydrogen-bond donors (Lipinski definition) is 1. The van der Waals surface area contributed by atoms with Crippen LogP contribution in [0.25, 0.3) is 0 Å². The number of sulfonamides is 1. The Labute approximate surface area is 180 Å². The number of rotatable bonds is 5. The number of piperidine rings is 1. The molecule has 31 heavy (non-hydrogen) atoms. The standard InChI is InChI=1S/C22H25F3N2O3S/c1-3-16-8-10-17(11-9-16)26-20(28)21(2)12-14-27(15-13-21)31(29,30)19-7-5-4-6-18(19)22(23,24)25/h4-11H,3,12-15H2,1-2H3,(H,26,28). The normalized spacial score (nSPS) is 17.3. The number of carbonyl (C=O) groups is 1. The first-order valence-corrected chi connectivity index (χ1v) is 11.5. The molecule has 9 heteroatoms. The van der Waals surface area contributed by atoms with Gasteiger partial charge in [-0.1, -0.05) is 38.1 Å². The number of carbonyl (C=O) groups excluding carboxylic acids is 1. The lowest BCUT2D eigenvalue weighted by atomic mass is 9.80. The molecule has 0 unspecified atom stereocenters. The molecular formula is C22H25F3N2O3S. The zero-order valence-electron chi connectivity index (χ0n) is 17.4.